The molecule has 0 aliphatic carbocycles. The molecule has 1 N–H and O–H groups in total. The molecular weight excluding hydrogens is 398 g/mol. The first kappa shape index (κ1) is 19.2. The molecule has 3 rings (SSSR count). The molecule has 1 fully saturated rings. The molecule has 1 unspecified atom stereocenters. The minimum Gasteiger partial charge on any atom is -0.301 e. The number of hydrogen-bond donors (Lipinski definition) is 1. The van der Waals surface area contributed by atoms with E-state index in [1.165, 1.54) is 23.4 Å². The number of carbonyl (C=O) groups is 1. The zero-order chi connectivity index (χ0) is 19.1. The van der Waals surface area contributed by atoms with E-state index in [4.69, 9.17) is 0 Å². The number of sulfone groups is 1. The van der Waals surface area contributed by atoms with E-state index < -0.39 is 31.0 Å². The van der Waals surface area contributed by atoms with Crippen LogP contribution in [-0.4, -0.2) is 56.6 Å². The van der Waals surface area contributed by atoms with Crippen molar-refractivity contribution in [3.63, 3.8) is 0 Å². The zero-order valence-corrected chi connectivity index (χ0v) is 16.7. The lowest BCUT2D eigenvalue weighted by Gasteiger charge is -2.15. The number of thiazole rings is 1. The molecule has 1 aromatic carbocycles. The van der Waals surface area contributed by atoms with Crippen molar-refractivity contribution in [2.45, 2.75) is 29.9 Å². The maximum Gasteiger partial charge on any atom is 0.244 e. The van der Waals surface area contributed by atoms with Crippen LogP contribution in [0.25, 0.3) is 10.2 Å². The Morgan fingerprint density at radius 2 is 1.88 bits per heavy atom. The van der Waals surface area contributed by atoms with Gasteiger partial charge in [0.25, 0.3) is 0 Å². The molecule has 142 valence electrons. The van der Waals surface area contributed by atoms with Gasteiger partial charge in [-0.1, -0.05) is 11.3 Å². The summed E-state index contributed by atoms with van der Waals surface area (Å²) < 4.78 is 50.3. The van der Waals surface area contributed by atoms with Gasteiger partial charge in [0.1, 0.15) is 5.25 Å². The van der Waals surface area contributed by atoms with Crippen LogP contribution in [0.15, 0.2) is 23.1 Å². The molecule has 0 radical (unpaired) electrons. The zero-order valence-electron chi connectivity index (χ0n) is 14.3. The number of nitrogens with zero attached hydrogens (tertiary/aromatic N) is 2. The number of nitrogens with one attached hydrogen (secondary N) is 1. The van der Waals surface area contributed by atoms with Gasteiger partial charge < -0.3 is 5.32 Å². The van der Waals surface area contributed by atoms with Crippen molar-refractivity contribution in [1.82, 2.24) is 9.29 Å². The number of rotatable bonds is 5. The molecule has 8 nitrogen and oxygen atoms in total. The smallest absolute Gasteiger partial charge is 0.244 e. The van der Waals surface area contributed by atoms with E-state index >= 15 is 0 Å². The lowest BCUT2D eigenvalue weighted by Crippen LogP contribution is -2.31. The van der Waals surface area contributed by atoms with Crippen LogP contribution in [0.2, 0.25) is 0 Å². The number of fused-ring (bicyclic) bond motifs is 1. The molecule has 1 aliphatic rings. The molecule has 1 amide bonds. The second-order valence-corrected chi connectivity index (χ2v) is 11.6. The van der Waals surface area contributed by atoms with Crippen molar-refractivity contribution in [1.29, 1.82) is 0 Å². The average Bonchev–Trinajstić information content (AvgIpc) is 3.21. The van der Waals surface area contributed by atoms with Crippen LogP contribution < -0.4 is 5.32 Å². The Labute approximate surface area is 156 Å². The largest absolute Gasteiger partial charge is 0.301 e. The highest BCUT2D eigenvalue weighted by molar-refractivity contribution is 7.92. The molecule has 11 heteroatoms. The molecule has 2 aromatic rings. The quantitative estimate of drug-likeness (QED) is 0.788. The van der Waals surface area contributed by atoms with Crippen molar-refractivity contribution in [2.75, 3.05) is 24.7 Å². The van der Waals surface area contributed by atoms with Gasteiger partial charge >= 0.3 is 0 Å². The van der Waals surface area contributed by atoms with Gasteiger partial charge in [-0.25, -0.2) is 21.8 Å². The summed E-state index contributed by atoms with van der Waals surface area (Å²) in [6.07, 6.45) is 2.71. The summed E-state index contributed by atoms with van der Waals surface area (Å²) in [4.78, 5) is 16.4. The maximum absolute atomic E-state index is 12.6. The third-order valence-electron chi connectivity index (χ3n) is 4.30. The molecule has 0 bridgehead atoms. The van der Waals surface area contributed by atoms with E-state index in [1.54, 1.807) is 6.07 Å². The van der Waals surface area contributed by atoms with Gasteiger partial charge in [0.05, 0.1) is 15.1 Å². The van der Waals surface area contributed by atoms with Crippen LogP contribution in [0.3, 0.4) is 0 Å². The summed E-state index contributed by atoms with van der Waals surface area (Å²) >= 11 is 1.11. The highest BCUT2D eigenvalue weighted by atomic mass is 32.2. The summed E-state index contributed by atoms with van der Waals surface area (Å²) in [5.74, 6) is -0.670. The fraction of sp³-hybridized carbons (Fsp3) is 0.467. The minimum absolute atomic E-state index is 0.193. The van der Waals surface area contributed by atoms with Crippen LogP contribution in [0.5, 0.6) is 0 Å². The fourth-order valence-electron chi connectivity index (χ4n) is 2.60. The molecule has 2 heterocycles. The van der Waals surface area contributed by atoms with E-state index in [9.17, 15) is 21.6 Å². The molecule has 1 aromatic heterocycles. The van der Waals surface area contributed by atoms with Gasteiger partial charge in [-0.05, 0) is 38.0 Å². The monoisotopic (exact) mass is 417 g/mol. The summed E-state index contributed by atoms with van der Waals surface area (Å²) in [5.41, 5.74) is 0.540. The number of sulfonamides is 1. The Kier molecular flexibility index (Phi) is 5.08. The number of amides is 1. The van der Waals surface area contributed by atoms with Gasteiger partial charge in [0, 0.05) is 19.3 Å². The highest BCUT2D eigenvalue weighted by Gasteiger charge is 2.28. The van der Waals surface area contributed by atoms with Crippen molar-refractivity contribution in [3.8, 4) is 0 Å². The van der Waals surface area contributed by atoms with Gasteiger partial charge in [0.2, 0.25) is 15.9 Å². The predicted octanol–water partition coefficient (Wildman–Crippen LogP) is 1.45. The van der Waals surface area contributed by atoms with Crippen molar-refractivity contribution < 1.29 is 21.6 Å². The van der Waals surface area contributed by atoms with E-state index in [2.05, 4.69) is 10.3 Å². The van der Waals surface area contributed by atoms with Crippen LogP contribution in [0, 0.1) is 0 Å². The number of carbonyl (C=O) groups excluding carboxylic acids is 1. The van der Waals surface area contributed by atoms with Gasteiger partial charge in [-0.15, -0.1) is 0 Å². The molecule has 1 atom stereocenters. The first-order valence-corrected chi connectivity index (χ1v) is 12.2. The standard InChI is InChI=1S/C15H19N3O5S3/c1-10(25(2,20)21)14(19)17-15-16-12-6-5-11(9-13(12)24-15)26(22,23)18-7-3-4-8-18/h5-6,9-10H,3-4,7-8H2,1-2H3,(H,16,17,19). The Bertz CT molecular complexity index is 1050. The van der Waals surface area contributed by atoms with Gasteiger partial charge in [-0.3, -0.25) is 4.79 Å². The van der Waals surface area contributed by atoms with E-state index in [0.717, 1.165) is 30.4 Å². The second kappa shape index (κ2) is 6.87. The Balaban J connectivity index is 1.87. The fourth-order valence-corrected chi connectivity index (χ4v) is 5.57. The third-order valence-corrected chi connectivity index (χ3v) is 8.63. The lowest BCUT2D eigenvalue weighted by molar-refractivity contribution is -0.115. The first-order chi connectivity index (χ1) is 12.1. The molecule has 0 saturated carbocycles. The normalized spacial score (nSPS) is 17.5. The van der Waals surface area contributed by atoms with Gasteiger partial charge in [0.15, 0.2) is 15.0 Å². The second-order valence-electron chi connectivity index (χ2n) is 6.22. The van der Waals surface area contributed by atoms with Crippen LogP contribution in [-0.2, 0) is 24.7 Å². The van der Waals surface area contributed by atoms with Crippen molar-refractivity contribution in [3.05, 3.63) is 18.2 Å². The maximum atomic E-state index is 12.6. The Morgan fingerprint density at radius 3 is 2.50 bits per heavy atom. The number of anilines is 1. The minimum atomic E-state index is -3.53. The molecular formula is C15H19N3O5S3. The Morgan fingerprint density at radius 1 is 1.23 bits per heavy atom. The molecule has 1 aliphatic heterocycles. The molecule has 0 spiro atoms. The highest BCUT2D eigenvalue weighted by Crippen LogP contribution is 2.30. The summed E-state index contributed by atoms with van der Waals surface area (Å²) in [6, 6.07) is 4.63. The SMILES string of the molecule is CC(C(=O)Nc1nc2ccc(S(=O)(=O)N3CCCC3)cc2s1)S(C)(=O)=O. The molecule has 1 saturated heterocycles. The van der Waals surface area contributed by atoms with Crippen molar-refractivity contribution in [2.24, 2.45) is 0 Å². The van der Waals surface area contributed by atoms with E-state index in [0.29, 0.717) is 23.3 Å². The van der Waals surface area contributed by atoms with Crippen molar-refractivity contribution >= 4 is 52.5 Å². The average molecular weight is 418 g/mol. The molecule has 26 heavy (non-hydrogen) atoms. The summed E-state index contributed by atoms with van der Waals surface area (Å²) in [7, 11) is -7.04. The van der Waals surface area contributed by atoms with Crippen LogP contribution in [0.4, 0.5) is 5.13 Å². The van der Waals surface area contributed by atoms with E-state index in [-0.39, 0.29) is 10.0 Å². The van der Waals surface area contributed by atoms with E-state index in [1.807, 2.05) is 0 Å². The lowest BCUT2D eigenvalue weighted by atomic mass is 10.3. The first-order valence-electron chi connectivity index (χ1n) is 7.99. The number of hydrogen-bond acceptors (Lipinski definition) is 7. The number of aromatic nitrogens is 1. The summed E-state index contributed by atoms with van der Waals surface area (Å²) in [6.45, 7) is 2.35. The van der Waals surface area contributed by atoms with Crippen LogP contribution in [0.1, 0.15) is 19.8 Å². The summed E-state index contributed by atoms with van der Waals surface area (Å²) in [5, 5.41) is 1.52. The predicted molar refractivity (Wildman–Crippen MR) is 101 cm³/mol. The Hall–Kier alpha value is -1.56. The number of benzene rings is 1. The topological polar surface area (TPSA) is 114 Å². The van der Waals surface area contributed by atoms with Crippen LogP contribution >= 0.6 is 11.3 Å². The third kappa shape index (κ3) is 3.75. The van der Waals surface area contributed by atoms with Gasteiger partial charge in [-0.2, -0.15) is 4.31 Å².